The predicted molar refractivity (Wildman–Crippen MR) is 98.1 cm³/mol. The second kappa shape index (κ2) is 17.8. The first-order valence-corrected chi connectivity index (χ1v) is 9.78. The van der Waals surface area contributed by atoms with Crippen molar-refractivity contribution < 1.29 is 4.79 Å². The second-order valence-corrected chi connectivity index (χ2v) is 6.48. The Morgan fingerprint density at radius 3 is 1.58 bits per heavy atom. The van der Waals surface area contributed by atoms with Crippen molar-refractivity contribution in [2.45, 2.75) is 96.8 Å². The summed E-state index contributed by atoms with van der Waals surface area (Å²) < 4.78 is 0. The highest BCUT2D eigenvalue weighted by atomic mass is 16.2. The van der Waals surface area contributed by atoms with E-state index in [0.717, 1.165) is 12.8 Å². The number of rotatable bonds is 16. The fourth-order valence-electron chi connectivity index (χ4n) is 2.83. The Bertz CT molecular complexity index is 363. The first-order valence-electron chi connectivity index (χ1n) is 9.78. The van der Waals surface area contributed by atoms with Crippen LogP contribution in [-0.2, 0) is 4.79 Å². The highest BCUT2D eigenvalue weighted by Gasteiger charge is 2.12. The van der Waals surface area contributed by atoms with Gasteiger partial charge in [-0.05, 0) is 6.42 Å². The number of nitriles is 2. The van der Waals surface area contributed by atoms with Crippen molar-refractivity contribution in [2.75, 3.05) is 13.1 Å². The number of carbonyl (C=O) groups excluding carboxylic acids is 1. The highest BCUT2D eigenvalue weighted by Crippen LogP contribution is 2.12. The van der Waals surface area contributed by atoms with Crippen LogP contribution in [-0.4, -0.2) is 23.9 Å². The molecule has 0 unspecified atom stereocenters. The minimum absolute atomic E-state index is 0.0939. The third-order valence-corrected chi connectivity index (χ3v) is 4.33. The fourth-order valence-corrected chi connectivity index (χ4v) is 2.83. The average Bonchev–Trinajstić information content (AvgIpc) is 2.59. The van der Waals surface area contributed by atoms with Crippen LogP contribution in [0.1, 0.15) is 96.8 Å². The quantitative estimate of drug-likeness (QED) is 0.358. The summed E-state index contributed by atoms with van der Waals surface area (Å²) in [7, 11) is 0. The number of amides is 1. The van der Waals surface area contributed by atoms with Gasteiger partial charge in [-0.2, -0.15) is 10.5 Å². The van der Waals surface area contributed by atoms with Gasteiger partial charge >= 0.3 is 0 Å². The van der Waals surface area contributed by atoms with Gasteiger partial charge in [0.2, 0.25) is 5.91 Å². The number of carbonyl (C=O) groups is 1. The van der Waals surface area contributed by atoms with Gasteiger partial charge in [-0.25, -0.2) is 0 Å². The molecule has 0 fully saturated rings. The summed E-state index contributed by atoms with van der Waals surface area (Å²) >= 11 is 0. The summed E-state index contributed by atoms with van der Waals surface area (Å²) in [5.41, 5.74) is 0. The molecule has 0 heterocycles. The van der Waals surface area contributed by atoms with Crippen LogP contribution in [0.25, 0.3) is 0 Å². The zero-order valence-corrected chi connectivity index (χ0v) is 15.6. The monoisotopic (exact) mass is 333 g/mol. The van der Waals surface area contributed by atoms with E-state index in [0.29, 0.717) is 32.4 Å². The molecule has 4 heteroatoms. The molecule has 0 N–H and O–H groups in total. The molecule has 4 nitrogen and oxygen atoms in total. The zero-order valence-electron chi connectivity index (χ0n) is 15.6. The third-order valence-electron chi connectivity index (χ3n) is 4.33. The summed E-state index contributed by atoms with van der Waals surface area (Å²) in [6, 6.07) is 4.13. The fraction of sp³-hybridized carbons (Fsp3) is 0.850. The molecule has 0 aliphatic rings. The lowest BCUT2D eigenvalue weighted by molar-refractivity contribution is -0.131. The number of hydrogen-bond acceptors (Lipinski definition) is 3. The molecule has 0 aromatic rings. The minimum atomic E-state index is 0.0939. The van der Waals surface area contributed by atoms with E-state index in [1.807, 2.05) is 0 Å². The molecule has 0 aromatic carbocycles. The molecule has 0 saturated carbocycles. The van der Waals surface area contributed by atoms with E-state index in [1.54, 1.807) is 4.90 Å². The van der Waals surface area contributed by atoms with Crippen LogP contribution in [0, 0.1) is 22.7 Å². The molecular weight excluding hydrogens is 298 g/mol. The van der Waals surface area contributed by atoms with Gasteiger partial charge in [0, 0.05) is 19.5 Å². The van der Waals surface area contributed by atoms with Crippen LogP contribution in [0.5, 0.6) is 0 Å². The molecule has 0 bridgehead atoms. The normalized spacial score (nSPS) is 10.1. The van der Waals surface area contributed by atoms with Crippen LogP contribution in [0.3, 0.4) is 0 Å². The van der Waals surface area contributed by atoms with Gasteiger partial charge in [-0.1, -0.05) is 71.1 Å². The minimum Gasteiger partial charge on any atom is -0.341 e. The molecule has 0 spiro atoms. The molecule has 136 valence electrons. The SMILES string of the molecule is CCCCCCCCCCCCCC(=O)N(CCC#N)CCC#N. The third kappa shape index (κ3) is 14.1. The van der Waals surface area contributed by atoms with Crippen LogP contribution in [0.15, 0.2) is 0 Å². The zero-order chi connectivity index (χ0) is 17.9. The first kappa shape index (κ1) is 22.4. The summed E-state index contributed by atoms with van der Waals surface area (Å²) in [5, 5.41) is 17.3. The van der Waals surface area contributed by atoms with Crippen molar-refractivity contribution in [3.05, 3.63) is 0 Å². The number of hydrogen-bond donors (Lipinski definition) is 0. The Kier molecular flexibility index (Phi) is 16.6. The highest BCUT2D eigenvalue weighted by molar-refractivity contribution is 5.76. The van der Waals surface area contributed by atoms with Crippen LogP contribution >= 0.6 is 0 Å². The lowest BCUT2D eigenvalue weighted by Crippen LogP contribution is -2.32. The molecule has 0 aliphatic carbocycles. The van der Waals surface area contributed by atoms with Gasteiger partial charge in [-0.15, -0.1) is 0 Å². The Balaban J connectivity index is 3.58. The van der Waals surface area contributed by atoms with Gasteiger partial charge in [0.25, 0.3) is 0 Å². The summed E-state index contributed by atoms with van der Waals surface area (Å²) in [5.74, 6) is 0.0939. The molecule has 1 amide bonds. The Morgan fingerprint density at radius 2 is 1.17 bits per heavy atom. The number of unbranched alkanes of at least 4 members (excludes halogenated alkanes) is 10. The lowest BCUT2D eigenvalue weighted by atomic mass is 10.1. The smallest absolute Gasteiger partial charge is 0.222 e. The van der Waals surface area contributed by atoms with E-state index in [4.69, 9.17) is 10.5 Å². The average molecular weight is 334 g/mol. The number of nitrogens with zero attached hydrogens (tertiary/aromatic N) is 3. The van der Waals surface area contributed by atoms with Crippen LogP contribution in [0.2, 0.25) is 0 Å². The van der Waals surface area contributed by atoms with Gasteiger partial charge in [-0.3, -0.25) is 4.79 Å². The predicted octanol–water partition coefficient (Wildman–Crippen LogP) is 5.34. The maximum atomic E-state index is 12.1. The van der Waals surface area contributed by atoms with Crippen molar-refractivity contribution in [3.63, 3.8) is 0 Å². The topological polar surface area (TPSA) is 67.9 Å². The molecule has 0 radical (unpaired) electrons. The van der Waals surface area contributed by atoms with Crippen molar-refractivity contribution in [1.29, 1.82) is 10.5 Å². The second-order valence-electron chi connectivity index (χ2n) is 6.48. The summed E-state index contributed by atoms with van der Waals surface area (Å²) in [4.78, 5) is 13.8. The lowest BCUT2D eigenvalue weighted by Gasteiger charge is -2.20. The maximum absolute atomic E-state index is 12.1. The van der Waals surface area contributed by atoms with Gasteiger partial charge < -0.3 is 4.90 Å². The Morgan fingerprint density at radius 1 is 0.750 bits per heavy atom. The first-order chi connectivity index (χ1) is 11.8. The van der Waals surface area contributed by atoms with Crippen molar-refractivity contribution in [1.82, 2.24) is 4.90 Å². The molecule has 0 atom stereocenters. The molecule has 0 saturated heterocycles. The van der Waals surface area contributed by atoms with E-state index in [1.165, 1.54) is 57.8 Å². The summed E-state index contributed by atoms with van der Waals surface area (Å²) in [6.07, 6.45) is 15.2. The molecule has 0 rings (SSSR count). The van der Waals surface area contributed by atoms with E-state index < -0.39 is 0 Å². The van der Waals surface area contributed by atoms with Crippen molar-refractivity contribution >= 4 is 5.91 Å². The molecule has 0 aromatic heterocycles. The Labute approximate surface area is 148 Å². The molecular formula is C20H35N3O. The van der Waals surface area contributed by atoms with E-state index in [9.17, 15) is 4.79 Å². The van der Waals surface area contributed by atoms with Gasteiger partial charge in [0.1, 0.15) is 0 Å². The van der Waals surface area contributed by atoms with E-state index in [-0.39, 0.29) is 5.91 Å². The van der Waals surface area contributed by atoms with Gasteiger partial charge in [0.05, 0.1) is 25.0 Å². The standard InChI is InChI=1S/C20H35N3O/c1-2-3-4-5-6-7-8-9-10-11-12-15-20(24)23(18-13-16-21)19-14-17-22/h2-15,18-19H2,1H3. The van der Waals surface area contributed by atoms with Crippen molar-refractivity contribution in [2.24, 2.45) is 0 Å². The molecule has 0 aliphatic heterocycles. The van der Waals surface area contributed by atoms with E-state index in [2.05, 4.69) is 19.1 Å². The maximum Gasteiger partial charge on any atom is 0.222 e. The molecule has 24 heavy (non-hydrogen) atoms. The Hall–Kier alpha value is -1.55. The van der Waals surface area contributed by atoms with Crippen molar-refractivity contribution in [3.8, 4) is 12.1 Å². The van der Waals surface area contributed by atoms with Gasteiger partial charge in [0.15, 0.2) is 0 Å². The van der Waals surface area contributed by atoms with E-state index >= 15 is 0 Å². The summed E-state index contributed by atoms with van der Waals surface area (Å²) in [6.45, 7) is 3.15. The van der Waals surface area contributed by atoms with Crippen LogP contribution in [0.4, 0.5) is 0 Å². The largest absolute Gasteiger partial charge is 0.341 e. The van der Waals surface area contributed by atoms with Crippen LogP contribution < -0.4 is 0 Å².